The van der Waals surface area contributed by atoms with Crippen LogP contribution in [0.4, 0.5) is 0 Å². The fourth-order valence-corrected chi connectivity index (χ4v) is 7.65. The van der Waals surface area contributed by atoms with Gasteiger partial charge in [0.15, 0.2) is 12.9 Å². The Morgan fingerprint density at radius 1 is 1.19 bits per heavy atom. The molecular formula is C23H32BNO2. The largest absolute Gasteiger partial charge is 0.480 e. The molecule has 2 saturated heterocycles. The third-order valence-corrected chi connectivity index (χ3v) is 8.49. The number of hydrogen-bond acceptors (Lipinski definition) is 3. The van der Waals surface area contributed by atoms with Gasteiger partial charge in [0.25, 0.3) is 0 Å². The Morgan fingerprint density at radius 2 is 2.11 bits per heavy atom. The molecule has 3 aliphatic carbocycles. The van der Waals surface area contributed by atoms with Gasteiger partial charge in [0.1, 0.15) is 0 Å². The first-order valence-corrected chi connectivity index (χ1v) is 11.4. The topological polar surface area (TPSA) is 21.7 Å². The third kappa shape index (κ3) is 2.29. The van der Waals surface area contributed by atoms with Crippen molar-refractivity contribution in [3.05, 3.63) is 35.6 Å². The molecule has 4 heteroatoms. The molecule has 0 spiro atoms. The molecule has 1 saturated carbocycles. The van der Waals surface area contributed by atoms with Gasteiger partial charge in [0.05, 0.1) is 18.0 Å². The van der Waals surface area contributed by atoms with E-state index in [1.54, 1.807) is 5.57 Å². The molecule has 8 unspecified atom stereocenters. The highest BCUT2D eigenvalue weighted by Crippen LogP contribution is 2.62. The summed E-state index contributed by atoms with van der Waals surface area (Å²) in [5, 5.41) is 0. The summed E-state index contributed by atoms with van der Waals surface area (Å²) < 4.78 is 13.4. The summed E-state index contributed by atoms with van der Waals surface area (Å²) in [5.74, 6) is 3.19. The Labute approximate surface area is 163 Å². The molecular weight excluding hydrogens is 333 g/mol. The van der Waals surface area contributed by atoms with Gasteiger partial charge in [-0.3, -0.25) is 4.90 Å². The maximum atomic E-state index is 6.71. The molecule has 6 rings (SSSR count). The van der Waals surface area contributed by atoms with E-state index in [4.69, 9.17) is 9.47 Å². The van der Waals surface area contributed by atoms with Gasteiger partial charge >= 0.3 is 0 Å². The molecule has 144 valence electrons. The van der Waals surface area contributed by atoms with Gasteiger partial charge in [-0.05, 0) is 62.7 Å². The summed E-state index contributed by atoms with van der Waals surface area (Å²) in [6.07, 6.45) is 19.3. The van der Waals surface area contributed by atoms with E-state index in [1.165, 1.54) is 50.7 Å². The van der Waals surface area contributed by atoms with Gasteiger partial charge in [-0.25, -0.2) is 0 Å². The van der Waals surface area contributed by atoms with Gasteiger partial charge in [-0.1, -0.05) is 37.6 Å². The van der Waals surface area contributed by atoms with Crippen LogP contribution in [-0.4, -0.2) is 42.1 Å². The monoisotopic (exact) mass is 365 g/mol. The molecule has 27 heavy (non-hydrogen) atoms. The molecule has 3 heterocycles. The maximum Gasteiger partial charge on any atom is 0.169 e. The van der Waals surface area contributed by atoms with Gasteiger partial charge in [-0.15, -0.1) is 0 Å². The van der Waals surface area contributed by atoms with Gasteiger partial charge in [0, 0.05) is 17.9 Å². The molecule has 0 radical (unpaired) electrons. The second-order valence-electron chi connectivity index (χ2n) is 9.65. The van der Waals surface area contributed by atoms with Crippen molar-refractivity contribution in [3.63, 3.8) is 0 Å². The molecule has 6 aliphatic rings. The van der Waals surface area contributed by atoms with Crippen LogP contribution in [0.1, 0.15) is 58.8 Å². The second-order valence-corrected chi connectivity index (χ2v) is 9.65. The first-order chi connectivity index (χ1) is 13.3. The standard InChI is InChI=1S/C23H32BNO2/c1-3-7-16-14(2)26-23-21(16)24-17-10-6-11-19(17)27-20-13-12-18(22(20)24)25(23)15-8-4-5-9-15/h4,6,8,11,15,17-23H,3,5,7,9-10,12-13H2,1-2H3. The zero-order valence-electron chi connectivity index (χ0n) is 16.7. The zero-order valence-corrected chi connectivity index (χ0v) is 16.7. The van der Waals surface area contributed by atoms with Crippen molar-refractivity contribution in [1.82, 2.24) is 4.90 Å². The SMILES string of the molecule is CCCC1=C(C)OC2C1B1C3CC=CC3OC3CCC(C13)N2C1C=CCC1. The van der Waals surface area contributed by atoms with Crippen LogP contribution < -0.4 is 0 Å². The van der Waals surface area contributed by atoms with Crippen molar-refractivity contribution < 1.29 is 9.47 Å². The third-order valence-electron chi connectivity index (χ3n) is 8.49. The fourth-order valence-electron chi connectivity index (χ4n) is 7.65. The van der Waals surface area contributed by atoms with E-state index in [0.717, 1.165) is 6.71 Å². The molecule has 0 amide bonds. The Hall–Kier alpha value is -0.995. The van der Waals surface area contributed by atoms with Crippen molar-refractivity contribution in [3.8, 4) is 0 Å². The molecule has 0 aromatic heterocycles. The molecule has 0 aromatic carbocycles. The van der Waals surface area contributed by atoms with Crippen LogP contribution in [0.15, 0.2) is 35.6 Å². The highest BCUT2D eigenvalue weighted by Gasteiger charge is 2.65. The minimum Gasteiger partial charge on any atom is -0.480 e. The Balaban J connectivity index is 1.45. The number of nitrogens with zero attached hydrogens (tertiary/aromatic N) is 1. The lowest BCUT2D eigenvalue weighted by Crippen LogP contribution is -2.64. The second kappa shape index (κ2) is 6.25. The summed E-state index contributed by atoms with van der Waals surface area (Å²) in [6, 6.07) is 1.21. The van der Waals surface area contributed by atoms with Crippen molar-refractivity contribution in [2.45, 2.75) is 107 Å². The molecule has 0 bridgehead atoms. The smallest absolute Gasteiger partial charge is 0.169 e. The van der Waals surface area contributed by atoms with Crippen molar-refractivity contribution in [2.24, 2.45) is 0 Å². The molecule has 3 nitrogen and oxygen atoms in total. The van der Waals surface area contributed by atoms with E-state index in [-0.39, 0.29) is 6.23 Å². The Morgan fingerprint density at radius 3 is 2.93 bits per heavy atom. The highest BCUT2D eigenvalue weighted by molar-refractivity contribution is 6.66. The number of allylic oxidation sites excluding steroid dienone is 3. The van der Waals surface area contributed by atoms with Crippen molar-refractivity contribution >= 4 is 6.71 Å². The van der Waals surface area contributed by atoms with Gasteiger partial charge in [-0.2, -0.15) is 0 Å². The van der Waals surface area contributed by atoms with Crippen molar-refractivity contribution in [1.29, 1.82) is 0 Å². The summed E-state index contributed by atoms with van der Waals surface area (Å²) in [6.45, 7) is 5.30. The van der Waals surface area contributed by atoms with E-state index >= 15 is 0 Å². The fraction of sp³-hybridized carbons (Fsp3) is 0.739. The lowest BCUT2D eigenvalue weighted by atomic mass is 9.22. The minimum atomic E-state index is 0.267. The zero-order chi connectivity index (χ0) is 18.1. The predicted molar refractivity (Wildman–Crippen MR) is 109 cm³/mol. The first-order valence-electron chi connectivity index (χ1n) is 11.4. The lowest BCUT2D eigenvalue weighted by molar-refractivity contribution is -0.0712. The van der Waals surface area contributed by atoms with Crippen LogP contribution in [0, 0.1) is 0 Å². The molecule has 0 aromatic rings. The van der Waals surface area contributed by atoms with Crippen molar-refractivity contribution in [2.75, 3.05) is 0 Å². The van der Waals surface area contributed by atoms with Gasteiger partial charge in [0.2, 0.25) is 0 Å². The number of fused-ring (bicyclic) bond motifs is 4. The minimum absolute atomic E-state index is 0.267. The molecule has 3 fully saturated rings. The number of rotatable bonds is 3. The highest BCUT2D eigenvalue weighted by atomic mass is 16.5. The van der Waals surface area contributed by atoms with Crippen LogP contribution in [0.2, 0.25) is 17.5 Å². The maximum absolute atomic E-state index is 6.71. The summed E-state index contributed by atoms with van der Waals surface area (Å²) >= 11 is 0. The summed E-state index contributed by atoms with van der Waals surface area (Å²) in [4.78, 5) is 2.81. The first kappa shape index (κ1) is 16.9. The van der Waals surface area contributed by atoms with Crippen LogP contribution in [0.5, 0.6) is 0 Å². The normalized spacial score (nSPS) is 47.4. The van der Waals surface area contributed by atoms with E-state index in [9.17, 15) is 0 Å². The molecule has 0 N–H and O–H groups in total. The van der Waals surface area contributed by atoms with Crippen LogP contribution in [-0.2, 0) is 9.47 Å². The molecule has 3 aliphatic heterocycles. The van der Waals surface area contributed by atoms with E-state index in [0.29, 0.717) is 41.7 Å². The van der Waals surface area contributed by atoms with Gasteiger partial charge < -0.3 is 9.47 Å². The Bertz CT molecular complexity index is 715. The lowest BCUT2D eigenvalue weighted by Gasteiger charge is -2.55. The number of hydrogen-bond donors (Lipinski definition) is 0. The predicted octanol–water partition coefficient (Wildman–Crippen LogP) is 4.95. The van der Waals surface area contributed by atoms with Crippen LogP contribution in [0.3, 0.4) is 0 Å². The van der Waals surface area contributed by atoms with Crippen LogP contribution >= 0.6 is 0 Å². The van der Waals surface area contributed by atoms with Crippen LogP contribution in [0.25, 0.3) is 0 Å². The Kier molecular flexibility index (Phi) is 3.92. The summed E-state index contributed by atoms with van der Waals surface area (Å²) in [5.41, 5.74) is 1.64. The molecule has 8 atom stereocenters. The summed E-state index contributed by atoms with van der Waals surface area (Å²) in [7, 11) is 0. The van der Waals surface area contributed by atoms with E-state index in [2.05, 4.69) is 43.1 Å². The average Bonchev–Trinajstić information content (AvgIpc) is 3.44. The number of ether oxygens (including phenoxy) is 2. The van der Waals surface area contributed by atoms with E-state index < -0.39 is 0 Å². The average molecular weight is 365 g/mol. The quantitative estimate of drug-likeness (QED) is 0.522. The van der Waals surface area contributed by atoms with E-state index in [1.807, 2.05) is 0 Å².